The standard InChI is InChI=1S/C22H27Cl2NO3/c1-4-16(23)9-8-14(2)20-19(15-6-5-7-17(24)10-15)12-22(3,21(28)25-20)11-18(27)13-26/h4-10,18-20,26-27H,2,11-13H2,1,3H3,(H,25,28)/b9-8-,16-4+/t18?,19-,20-,22?/m1/s1. The minimum absolute atomic E-state index is 0.0891. The number of amides is 1. The lowest BCUT2D eigenvalue weighted by molar-refractivity contribution is -0.136. The molecule has 0 aromatic heterocycles. The molecule has 1 fully saturated rings. The second kappa shape index (κ2) is 9.75. The molecule has 4 nitrogen and oxygen atoms in total. The molecule has 2 unspecified atom stereocenters. The van der Waals surface area contributed by atoms with E-state index in [1.807, 2.05) is 32.0 Å². The van der Waals surface area contributed by atoms with Crippen LogP contribution in [0.1, 0.15) is 38.2 Å². The Morgan fingerprint density at radius 3 is 2.79 bits per heavy atom. The Bertz CT molecular complexity index is 790. The van der Waals surface area contributed by atoms with Crippen LogP contribution in [0.25, 0.3) is 0 Å². The van der Waals surface area contributed by atoms with Gasteiger partial charge in [-0.05, 0) is 49.1 Å². The van der Waals surface area contributed by atoms with Gasteiger partial charge in [0.05, 0.1) is 18.8 Å². The van der Waals surface area contributed by atoms with Gasteiger partial charge < -0.3 is 15.5 Å². The van der Waals surface area contributed by atoms with Crippen LogP contribution in [0.5, 0.6) is 0 Å². The molecule has 1 aromatic rings. The van der Waals surface area contributed by atoms with Crippen molar-refractivity contribution in [2.24, 2.45) is 5.41 Å². The molecule has 0 radical (unpaired) electrons. The summed E-state index contributed by atoms with van der Waals surface area (Å²) >= 11 is 12.2. The molecule has 3 N–H and O–H groups in total. The number of aliphatic hydroxyl groups excluding tert-OH is 2. The van der Waals surface area contributed by atoms with E-state index in [0.29, 0.717) is 16.5 Å². The number of carbonyl (C=O) groups excluding carboxylic acids is 1. The van der Waals surface area contributed by atoms with Crippen molar-refractivity contribution >= 4 is 29.1 Å². The van der Waals surface area contributed by atoms with Crippen molar-refractivity contribution < 1.29 is 15.0 Å². The average molecular weight is 424 g/mol. The van der Waals surface area contributed by atoms with E-state index in [2.05, 4.69) is 11.9 Å². The van der Waals surface area contributed by atoms with Crippen molar-refractivity contribution in [1.29, 1.82) is 0 Å². The first-order chi connectivity index (χ1) is 13.2. The summed E-state index contributed by atoms with van der Waals surface area (Å²) in [5.74, 6) is -0.260. The maximum atomic E-state index is 12.9. The van der Waals surface area contributed by atoms with Gasteiger partial charge in [0.2, 0.25) is 5.91 Å². The first kappa shape index (κ1) is 22.7. The predicted octanol–water partition coefficient (Wildman–Crippen LogP) is 4.32. The van der Waals surface area contributed by atoms with Crippen molar-refractivity contribution in [1.82, 2.24) is 5.32 Å². The van der Waals surface area contributed by atoms with E-state index in [-0.39, 0.29) is 30.9 Å². The fourth-order valence-electron chi connectivity index (χ4n) is 3.66. The summed E-state index contributed by atoms with van der Waals surface area (Å²) in [7, 11) is 0. The third kappa shape index (κ3) is 5.48. The van der Waals surface area contributed by atoms with Crippen molar-refractivity contribution in [2.75, 3.05) is 6.61 Å². The van der Waals surface area contributed by atoms with E-state index in [9.17, 15) is 15.0 Å². The molecule has 1 saturated heterocycles. The Labute approximate surface area is 176 Å². The van der Waals surface area contributed by atoms with Crippen LogP contribution in [0.15, 0.2) is 59.7 Å². The molecular weight excluding hydrogens is 397 g/mol. The van der Waals surface area contributed by atoms with Crippen LogP contribution < -0.4 is 5.32 Å². The average Bonchev–Trinajstić information content (AvgIpc) is 2.67. The lowest BCUT2D eigenvalue weighted by atomic mass is 9.68. The molecule has 1 aromatic carbocycles. The van der Waals surface area contributed by atoms with Crippen LogP contribution in [0.2, 0.25) is 5.02 Å². The van der Waals surface area contributed by atoms with Crippen molar-refractivity contribution in [3.8, 4) is 0 Å². The highest BCUT2D eigenvalue weighted by molar-refractivity contribution is 6.31. The number of allylic oxidation sites excluding steroid dienone is 3. The minimum Gasteiger partial charge on any atom is -0.394 e. The molecule has 0 saturated carbocycles. The molecule has 1 aliphatic rings. The Hall–Kier alpha value is -1.59. The smallest absolute Gasteiger partial charge is 0.226 e. The first-order valence-electron chi connectivity index (χ1n) is 9.24. The normalized spacial score (nSPS) is 26.9. The minimum atomic E-state index is -0.955. The Balaban J connectivity index is 2.39. The fraction of sp³-hybridized carbons (Fsp3) is 0.409. The fourth-order valence-corrected chi connectivity index (χ4v) is 3.92. The molecule has 0 spiro atoms. The molecule has 1 amide bonds. The van der Waals surface area contributed by atoms with Gasteiger partial charge in [-0.3, -0.25) is 4.79 Å². The van der Waals surface area contributed by atoms with Gasteiger partial charge in [0, 0.05) is 21.4 Å². The number of carbonyl (C=O) groups is 1. The van der Waals surface area contributed by atoms with Crippen LogP contribution in [-0.2, 0) is 4.79 Å². The third-order valence-electron chi connectivity index (χ3n) is 5.21. The summed E-state index contributed by atoms with van der Waals surface area (Å²) in [6, 6.07) is 7.20. The Morgan fingerprint density at radius 1 is 1.46 bits per heavy atom. The number of piperidine rings is 1. The van der Waals surface area contributed by atoms with Crippen LogP contribution in [0, 0.1) is 5.41 Å². The number of halogens is 2. The van der Waals surface area contributed by atoms with E-state index in [0.717, 1.165) is 11.1 Å². The van der Waals surface area contributed by atoms with E-state index in [4.69, 9.17) is 23.2 Å². The SMILES string of the molecule is C=C(/C=C\C(Cl)=C/C)[C@H]1NC(=O)C(C)(CC(O)CO)C[C@@H]1c1cccc(Cl)c1. The molecule has 0 aliphatic carbocycles. The van der Waals surface area contributed by atoms with E-state index in [1.54, 1.807) is 24.3 Å². The maximum absolute atomic E-state index is 12.9. The summed E-state index contributed by atoms with van der Waals surface area (Å²) in [6.45, 7) is 7.40. The van der Waals surface area contributed by atoms with Crippen LogP contribution in [0.4, 0.5) is 0 Å². The summed E-state index contributed by atoms with van der Waals surface area (Å²) in [4.78, 5) is 12.9. The summed E-state index contributed by atoms with van der Waals surface area (Å²) in [6.07, 6.45) is 5.03. The van der Waals surface area contributed by atoms with E-state index < -0.39 is 11.5 Å². The molecule has 1 aliphatic heterocycles. The lowest BCUT2D eigenvalue weighted by Gasteiger charge is -2.43. The number of rotatable bonds is 7. The Kier molecular flexibility index (Phi) is 7.90. The molecule has 0 bridgehead atoms. The Morgan fingerprint density at radius 2 is 2.18 bits per heavy atom. The second-order valence-corrected chi connectivity index (χ2v) is 8.37. The number of aliphatic hydroxyl groups is 2. The van der Waals surface area contributed by atoms with Crippen LogP contribution in [-0.4, -0.2) is 34.9 Å². The van der Waals surface area contributed by atoms with Crippen molar-refractivity contribution in [2.45, 2.75) is 44.8 Å². The number of hydrogen-bond donors (Lipinski definition) is 3. The molecule has 4 atom stereocenters. The van der Waals surface area contributed by atoms with Crippen molar-refractivity contribution in [3.63, 3.8) is 0 Å². The van der Waals surface area contributed by atoms with Gasteiger partial charge in [0.15, 0.2) is 0 Å². The van der Waals surface area contributed by atoms with Gasteiger partial charge in [-0.25, -0.2) is 0 Å². The van der Waals surface area contributed by atoms with Crippen LogP contribution >= 0.6 is 23.2 Å². The number of hydrogen-bond acceptors (Lipinski definition) is 3. The number of benzene rings is 1. The largest absolute Gasteiger partial charge is 0.394 e. The van der Waals surface area contributed by atoms with Gasteiger partial charge in [-0.15, -0.1) is 0 Å². The second-order valence-electron chi connectivity index (χ2n) is 7.50. The van der Waals surface area contributed by atoms with Gasteiger partial charge >= 0.3 is 0 Å². The predicted molar refractivity (Wildman–Crippen MR) is 114 cm³/mol. The summed E-state index contributed by atoms with van der Waals surface area (Å²) < 4.78 is 0. The van der Waals surface area contributed by atoms with Crippen LogP contribution in [0.3, 0.4) is 0 Å². The van der Waals surface area contributed by atoms with E-state index >= 15 is 0 Å². The van der Waals surface area contributed by atoms with E-state index in [1.165, 1.54) is 0 Å². The summed E-state index contributed by atoms with van der Waals surface area (Å²) in [5, 5.41) is 23.4. The zero-order chi connectivity index (χ0) is 20.9. The molecule has 1 heterocycles. The monoisotopic (exact) mass is 423 g/mol. The molecule has 6 heteroatoms. The maximum Gasteiger partial charge on any atom is 0.226 e. The molecule has 152 valence electrons. The zero-order valence-corrected chi connectivity index (χ0v) is 17.7. The lowest BCUT2D eigenvalue weighted by Crippen LogP contribution is -2.54. The van der Waals surface area contributed by atoms with Gasteiger partial charge in [0.25, 0.3) is 0 Å². The first-order valence-corrected chi connectivity index (χ1v) is 10.00. The molecular formula is C22H27Cl2NO3. The highest BCUT2D eigenvalue weighted by atomic mass is 35.5. The van der Waals surface area contributed by atoms with Gasteiger partial charge in [-0.1, -0.05) is 61.0 Å². The van der Waals surface area contributed by atoms with Gasteiger partial charge in [0.1, 0.15) is 0 Å². The number of nitrogens with one attached hydrogen (secondary N) is 1. The quantitative estimate of drug-likeness (QED) is 0.571. The summed E-state index contributed by atoms with van der Waals surface area (Å²) in [5.41, 5.74) is 0.883. The highest BCUT2D eigenvalue weighted by Crippen LogP contribution is 2.43. The highest BCUT2D eigenvalue weighted by Gasteiger charge is 2.45. The van der Waals surface area contributed by atoms with Gasteiger partial charge in [-0.2, -0.15) is 0 Å². The van der Waals surface area contributed by atoms with Crippen molar-refractivity contribution in [3.05, 3.63) is 70.3 Å². The molecule has 28 heavy (non-hydrogen) atoms. The molecule has 2 rings (SSSR count). The third-order valence-corrected chi connectivity index (χ3v) is 5.79. The topological polar surface area (TPSA) is 69.6 Å². The zero-order valence-electron chi connectivity index (χ0n) is 16.2.